The molecule has 0 aliphatic carbocycles. The molecule has 0 spiro atoms. The van der Waals surface area contributed by atoms with Gasteiger partial charge in [0.2, 0.25) is 0 Å². The first kappa shape index (κ1) is 17.5. The molecule has 1 N–H and O–H groups in total. The summed E-state index contributed by atoms with van der Waals surface area (Å²) in [6.07, 6.45) is 0.803. The highest BCUT2D eigenvalue weighted by Gasteiger charge is 2.24. The van der Waals surface area contributed by atoms with Gasteiger partial charge in [-0.05, 0) is 26.4 Å². The lowest BCUT2D eigenvalue weighted by Crippen LogP contribution is -2.40. The van der Waals surface area contributed by atoms with Gasteiger partial charge in [0, 0.05) is 25.5 Å². The van der Waals surface area contributed by atoms with E-state index in [2.05, 4.69) is 10.3 Å². The monoisotopic (exact) mass is 320 g/mol. The first-order valence-corrected chi connectivity index (χ1v) is 8.94. The van der Waals surface area contributed by atoms with Gasteiger partial charge in [0.1, 0.15) is 0 Å². The van der Waals surface area contributed by atoms with Gasteiger partial charge in [-0.1, -0.05) is 6.92 Å². The summed E-state index contributed by atoms with van der Waals surface area (Å²) < 4.78 is 27.5. The number of aromatic nitrogens is 1. The summed E-state index contributed by atoms with van der Waals surface area (Å²) in [7, 11) is -0.172. The van der Waals surface area contributed by atoms with Crippen LogP contribution in [0.1, 0.15) is 23.9 Å². The molecule has 116 valence electrons. The summed E-state index contributed by atoms with van der Waals surface area (Å²) in [5.74, 6) is 0. The van der Waals surface area contributed by atoms with E-state index >= 15 is 0 Å². The Balaban J connectivity index is 2.56. The molecule has 0 fully saturated rings. The summed E-state index contributed by atoms with van der Waals surface area (Å²) in [5, 5.41) is 3.19. The maximum Gasteiger partial charge on any atom is 0.281 e. The number of hydrogen-bond acceptors (Lipinski definition) is 5. The largest absolute Gasteiger partial charge is 0.317 e. The molecule has 0 aliphatic heterocycles. The van der Waals surface area contributed by atoms with Crippen molar-refractivity contribution in [2.24, 2.45) is 0 Å². The highest BCUT2D eigenvalue weighted by Crippen LogP contribution is 2.17. The molecule has 20 heavy (non-hydrogen) atoms. The summed E-state index contributed by atoms with van der Waals surface area (Å²) in [6.45, 7) is 6.55. The van der Waals surface area contributed by atoms with Crippen molar-refractivity contribution in [3.63, 3.8) is 0 Å². The number of nitrogens with one attached hydrogen (secondary N) is 1. The van der Waals surface area contributed by atoms with E-state index in [0.29, 0.717) is 13.1 Å². The van der Waals surface area contributed by atoms with Crippen molar-refractivity contribution in [2.75, 3.05) is 33.7 Å². The van der Waals surface area contributed by atoms with Crippen LogP contribution in [0.15, 0.2) is 5.51 Å². The van der Waals surface area contributed by atoms with Gasteiger partial charge in [0.05, 0.1) is 17.7 Å². The van der Waals surface area contributed by atoms with Gasteiger partial charge in [-0.3, -0.25) is 0 Å². The third-order valence-electron chi connectivity index (χ3n) is 3.08. The Labute approximate surface area is 126 Å². The molecule has 0 aliphatic rings. The molecule has 1 aromatic heterocycles. The Hall–Kier alpha value is -0.540. The molecule has 0 bridgehead atoms. The smallest absolute Gasteiger partial charge is 0.281 e. The van der Waals surface area contributed by atoms with Crippen LogP contribution in [0.4, 0.5) is 0 Å². The van der Waals surface area contributed by atoms with E-state index in [9.17, 15) is 8.42 Å². The molecule has 0 atom stereocenters. The van der Waals surface area contributed by atoms with Crippen LogP contribution in [0.5, 0.6) is 0 Å². The third kappa shape index (κ3) is 4.78. The van der Waals surface area contributed by atoms with E-state index in [1.165, 1.54) is 19.9 Å². The van der Waals surface area contributed by atoms with Crippen LogP contribution in [0.2, 0.25) is 0 Å². The van der Waals surface area contributed by atoms with Gasteiger partial charge < -0.3 is 5.32 Å². The number of thiazole rings is 1. The van der Waals surface area contributed by atoms with Crippen molar-refractivity contribution in [3.8, 4) is 0 Å². The van der Waals surface area contributed by atoms with Crippen molar-refractivity contribution in [3.05, 3.63) is 16.1 Å². The fourth-order valence-corrected chi connectivity index (χ4v) is 3.76. The fourth-order valence-electron chi connectivity index (χ4n) is 1.72. The molecular weight excluding hydrogens is 296 g/mol. The third-order valence-corrected chi connectivity index (χ3v) is 5.88. The maximum atomic E-state index is 12.3. The molecule has 1 rings (SSSR count). The fraction of sp³-hybridized carbons (Fsp3) is 0.750. The van der Waals surface area contributed by atoms with Crippen molar-refractivity contribution >= 4 is 21.5 Å². The highest BCUT2D eigenvalue weighted by atomic mass is 32.2. The standard InChI is InChI=1S/C12H24N4O2S2/c1-5-13-7-6-8-15(3)20(17,18)16(4)9-12-11(2)14-10-19-12/h10,13H,5-9H2,1-4H3. The number of hydrogen-bond donors (Lipinski definition) is 1. The zero-order valence-electron chi connectivity index (χ0n) is 12.6. The summed E-state index contributed by atoms with van der Waals surface area (Å²) >= 11 is 1.48. The van der Waals surface area contributed by atoms with E-state index in [4.69, 9.17) is 0 Å². The molecule has 0 radical (unpaired) electrons. The second-order valence-corrected chi connectivity index (χ2v) is 7.74. The van der Waals surface area contributed by atoms with Gasteiger partial charge in [-0.2, -0.15) is 17.0 Å². The lowest BCUT2D eigenvalue weighted by atomic mass is 10.4. The lowest BCUT2D eigenvalue weighted by Gasteiger charge is -2.24. The second kappa shape index (κ2) is 8.04. The van der Waals surface area contributed by atoms with Crippen molar-refractivity contribution in [1.82, 2.24) is 18.9 Å². The molecule has 6 nitrogen and oxygen atoms in total. The normalized spacial score (nSPS) is 12.5. The van der Waals surface area contributed by atoms with Crippen LogP contribution in [-0.2, 0) is 16.8 Å². The van der Waals surface area contributed by atoms with Crippen LogP contribution < -0.4 is 5.32 Å². The van der Waals surface area contributed by atoms with E-state index in [1.807, 2.05) is 13.8 Å². The summed E-state index contributed by atoms with van der Waals surface area (Å²) in [5.41, 5.74) is 2.64. The Kier molecular flexibility index (Phi) is 7.04. The van der Waals surface area contributed by atoms with Crippen LogP contribution in [0.3, 0.4) is 0 Å². The number of aryl methyl sites for hydroxylation is 1. The van der Waals surface area contributed by atoms with Gasteiger partial charge in [0.15, 0.2) is 0 Å². The lowest BCUT2D eigenvalue weighted by molar-refractivity contribution is 0.385. The summed E-state index contributed by atoms with van der Waals surface area (Å²) in [6, 6.07) is 0. The van der Waals surface area contributed by atoms with E-state index < -0.39 is 10.2 Å². The second-order valence-electron chi connectivity index (χ2n) is 4.65. The van der Waals surface area contributed by atoms with Crippen molar-refractivity contribution < 1.29 is 8.42 Å². The molecule has 0 saturated heterocycles. The molecule has 0 amide bonds. The Morgan fingerprint density at radius 2 is 2.05 bits per heavy atom. The maximum absolute atomic E-state index is 12.3. The SMILES string of the molecule is CCNCCCN(C)S(=O)(=O)N(C)Cc1scnc1C. The van der Waals surface area contributed by atoms with Crippen LogP contribution in [-0.4, -0.2) is 55.7 Å². The minimum Gasteiger partial charge on any atom is -0.317 e. The highest BCUT2D eigenvalue weighted by molar-refractivity contribution is 7.86. The number of nitrogens with zero attached hydrogens (tertiary/aromatic N) is 3. The average molecular weight is 320 g/mol. The van der Waals surface area contributed by atoms with E-state index in [0.717, 1.165) is 30.1 Å². The molecule has 0 aromatic carbocycles. The topological polar surface area (TPSA) is 65.5 Å². The Morgan fingerprint density at radius 3 is 2.60 bits per heavy atom. The van der Waals surface area contributed by atoms with Crippen LogP contribution >= 0.6 is 11.3 Å². The van der Waals surface area contributed by atoms with Gasteiger partial charge >= 0.3 is 0 Å². The minimum atomic E-state index is -3.40. The van der Waals surface area contributed by atoms with Crippen LogP contribution in [0.25, 0.3) is 0 Å². The van der Waals surface area contributed by atoms with Crippen molar-refractivity contribution in [1.29, 1.82) is 0 Å². The first-order chi connectivity index (χ1) is 9.39. The van der Waals surface area contributed by atoms with Gasteiger partial charge in [-0.15, -0.1) is 11.3 Å². The van der Waals surface area contributed by atoms with E-state index in [-0.39, 0.29) is 0 Å². The molecule has 0 saturated carbocycles. The predicted octanol–water partition coefficient (Wildman–Crippen LogP) is 1.06. The average Bonchev–Trinajstić information content (AvgIpc) is 2.80. The van der Waals surface area contributed by atoms with Gasteiger partial charge in [0.25, 0.3) is 10.2 Å². The number of rotatable bonds is 9. The molecular formula is C12H24N4O2S2. The minimum absolute atomic E-state index is 0.371. The van der Waals surface area contributed by atoms with Crippen molar-refractivity contribution in [2.45, 2.75) is 26.8 Å². The summed E-state index contributed by atoms with van der Waals surface area (Å²) in [4.78, 5) is 5.13. The van der Waals surface area contributed by atoms with E-state index in [1.54, 1.807) is 19.6 Å². The zero-order chi connectivity index (χ0) is 15.2. The molecule has 0 unspecified atom stereocenters. The zero-order valence-corrected chi connectivity index (χ0v) is 14.2. The molecule has 1 aromatic rings. The molecule has 1 heterocycles. The first-order valence-electron chi connectivity index (χ1n) is 6.66. The quantitative estimate of drug-likeness (QED) is 0.691. The Morgan fingerprint density at radius 1 is 1.35 bits per heavy atom. The Bertz CT molecular complexity index is 501. The van der Waals surface area contributed by atoms with Crippen LogP contribution in [0, 0.1) is 6.92 Å². The predicted molar refractivity (Wildman–Crippen MR) is 83.0 cm³/mol. The van der Waals surface area contributed by atoms with Gasteiger partial charge in [-0.25, -0.2) is 4.98 Å². The molecule has 8 heteroatoms.